The number of hydrogen-bond donors (Lipinski definition) is 3. The Balaban J connectivity index is 1.48. The van der Waals surface area contributed by atoms with Crippen LogP contribution in [0.2, 0.25) is 0 Å². The number of carbonyl (C=O) groups is 2. The molecule has 3 aromatic heterocycles. The predicted molar refractivity (Wildman–Crippen MR) is 129 cm³/mol. The maximum atomic E-state index is 12.7. The monoisotopic (exact) mass is 462 g/mol. The van der Waals surface area contributed by atoms with Crippen LogP contribution in [0.15, 0.2) is 54.6 Å². The van der Waals surface area contributed by atoms with E-state index < -0.39 is 0 Å². The molecule has 3 N–H and O–H groups in total. The first-order chi connectivity index (χ1) is 16.1. The molecule has 0 bridgehead atoms. The first-order valence-electron chi connectivity index (χ1n) is 10.9. The van der Waals surface area contributed by atoms with Gasteiger partial charge in [0.05, 0.1) is 29.6 Å². The summed E-state index contributed by atoms with van der Waals surface area (Å²) in [5.74, 6) is 0.597. The van der Waals surface area contributed by atoms with Crippen molar-refractivity contribution in [2.24, 2.45) is 0 Å². The number of hydrogen-bond acceptors (Lipinski definition) is 6. The van der Waals surface area contributed by atoms with Gasteiger partial charge in [-0.25, -0.2) is 4.98 Å². The molecular formula is C24H26N6O2S. The molecule has 0 unspecified atom stereocenters. The van der Waals surface area contributed by atoms with Crippen LogP contribution in [-0.4, -0.2) is 38.8 Å². The fourth-order valence-electron chi connectivity index (χ4n) is 3.68. The Labute approximate surface area is 195 Å². The molecule has 33 heavy (non-hydrogen) atoms. The van der Waals surface area contributed by atoms with E-state index in [1.54, 1.807) is 31.1 Å². The number of imidazole rings is 1. The Hall–Kier alpha value is -3.59. The maximum absolute atomic E-state index is 12.7. The van der Waals surface area contributed by atoms with Crippen molar-refractivity contribution in [1.82, 2.24) is 30.6 Å². The number of nitrogens with one attached hydrogen (secondary N) is 3. The summed E-state index contributed by atoms with van der Waals surface area (Å²) in [5.41, 5.74) is 3.55. The van der Waals surface area contributed by atoms with Crippen LogP contribution in [0.25, 0.3) is 22.0 Å². The highest BCUT2D eigenvalue weighted by molar-refractivity contribution is 7.11. The topological polar surface area (TPSA) is 113 Å². The van der Waals surface area contributed by atoms with E-state index in [2.05, 4.69) is 36.6 Å². The number of aromatic nitrogens is 4. The summed E-state index contributed by atoms with van der Waals surface area (Å²) in [5, 5.41) is 7.91. The van der Waals surface area contributed by atoms with Gasteiger partial charge in [0, 0.05) is 36.8 Å². The van der Waals surface area contributed by atoms with Crippen molar-refractivity contribution >= 4 is 33.9 Å². The molecule has 0 radical (unpaired) electrons. The average Bonchev–Trinajstić information content (AvgIpc) is 3.55. The Bertz CT molecular complexity index is 1220. The van der Waals surface area contributed by atoms with E-state index in [0.717, 1.165) is 41.3 Å². The van der Waals surface area contributed by atoms with Gasteiger partial charge >= 0.3 is 0 Å². The van der Waals surface area contributed by atoms with Crippen LogP contribution in [0.4, 0.5) is 0 Å². The molecule has 9 heteroatoms. The number of H-pyrrole nitrogens is 1. The van der Waals surface area contributed by atoms with Gasteiger partial charge in [-0.15, -0.1) is 11.3 Å². The van der Waals surface area contributed by atoms with Gasteiger partial charge in [0.2, 0.25) is 5.91 Å². The van der Waals surface area contributed by atoms with Crippen LogP contribution >= 0.6 is 11.3 Å². The van der Waals surface area contributed by atoms with E-state index in [1.807, 2.05) is 24.4 Å². The molecule has 0 aliphatic heterocycles. The molecule has 2 amide bonds. The predicted octanol–water partition coefficient (Wildman–Crippen LogP) is 4.25. The van der Waals surface area contributed by atoms with Gasteiger partial charge in [0.15, 0.2) is 0 Å². The van der Waals surface area contributed by atoms with Crippen LogP contribution in [0.5, 0.6) is 0 Å². The van der Waals surface area contributed by atoms with E-state index in [-0.39, 0.29) is 17.9 Å². The zero-order valence-corrected chi connectivity index (χ0v) is 19.2. The normalized spacial score (nSPS) is 11.9. The summed E-state index contributed by atoms with van der Waals surface area (Å²) in [6.07, 6.45) is 10.8. The van der Waals surface area contributed by atoms with Gasteiger partial charge < -0.3 is 15.6 Å². The average molecular weight is 463 g/mol. The summed E-state index contributed by atoms with van der Waals surface area (Å²) >= 11 is 1.31. The molecule has 8 nitrogen and oxygen atoms in total. The zero-order chi connectivity index (χ0) is 23.0. The quantitative estimate of drug-likeness (QED) is 0.305. The lowest BCUT2D eigenvalue weighted by atomic mass is 10.1. The number of thiazole rings is 1. The van der Waals surface area contributed by atoms with Crippen molar-refractivity contribution in [3.63, 3.8) is 0 Å². The Morgan fingerprint density at radius 1 is 1.06 bits per heavy atom. The van der Waals surface area contributed by atoms with E-state index in [9.17, 15) is 9.59 Å². The first kappa shape index (κ1) is 22.6. The van der Waals surface area contributed by atoms with Crippen LogP contribution in [-0.2, 0) is 4.79 Å². The van der Waals surface area contributed by atoms with E-state index in [0.29, 0.717) is 23.5 Å². The molecule has 0 aliphatic rings. The molecule has 0 aliphatic carbocycles. The standard InChI is InChI=1S/C24H26N6O2S/c1-25-22(31)6-4-2-3-5-19(30-24(32)21-14-27-15-33-21)23-28-13-20(29-23)17-7-8-18-12-26-10-9-16(18)11-17/h7-15,19H,2-6H2,1H3,(H,25,31)(H,28,29)(H,30,32)/t19-/m0/s1. The lowest BCUT2D eigenvalue weighted by Crippen LogP contribution is -2.28. The number of aromatic amines is 1. The Morgan fingerprint density at radius 2 is 1.97 bits per heavy atom. The number of rotatable bonds is 10. The van der Waals surface area contributed by atoms with Crippen molar-refractivity contribution in [3.05, 3.63) is 65.3 Å². The summed E-state index contributed by atoms with van der Waals surface area (Å²) in [4.78, 5) is 40.8. The fourth-order valence-corrected chi connectivity index (χ4v) is 4.20. The summed E-state index contributed by atoms with van der Waals surface area (Å²) in [6, 6.07) is 7.88. The van der Waals surface area contributed by atoms with Crippen LogP contribution in [0, 0.1) is 0 Å². The van der Waals surface area contributed by atoms with Gasteiger partial charge in [-0.2, -0.15) is 0 Å². The first-order valence-corrected chi connectivity index (χ1v) is 11.8. The minimum atomic E-state index is -0.266. The molecule has 0 spiro atoms. The molecule has 4 rings (SSSR count). The summed E-state index contributed by atoms with van der Waals surface area (Å²) in [6.45, 7) is 0. The van der Waals surface area contributed by atoms with E-state index in [1.165, 1.54) is 11.3 Å². The number of nitrogens with zero attached hydrogens (tertiary/aromatic N) is 3. The Morgan fingerprint density at radius 3 is 2.79 bits per heavy atom. The van der Waals surface area contributed by atoms with Crippen LogP contribution < -0.4 is 10.6 Å². The van der Waals surface area contributed by atoms with Crippen molar-refractivity contribution in [3.8, 4) is 11.3 Å². The summed E-state index contributed by atoms with van der Waals surface area (Å²) < 4.78 is 0. The van der Waals surface area contributed by atoms with Crippen molar-refractivity contribution in [2.45, 2.75) is 38.1 Å². The number of unbranched alkanes of at least 4 members (excludes halogenated alkanes) is 2. The second-order valence-corrected chi connectivity index (χ2v) is 8.67. The number of pyridine rings is 1. The van der Waals surface area contributed by atoms with Crippen LogP contribution in [0.1, 0.15) is 53.6 Å². The zero-order valence-electron chi connectivity index (χ0n) is 18.4. The number of carbonyl (C=O) groups excluding carboxylic acids is 2. The SMILES string of the molecule is CNC(=O)CCCCC[C@H](NC(=O)c1cncs1)c1ncc(-c2ccc3cnccc3c2)[nH]1. The molecule has 0 fully saturated rings. The van der Waals surface area contributed by atoms with E-state index >= 15 is 0 Å². The minimum Gasteiger partial charge on any atom is -0.359 e. The highest BCUT2D eigenvalue weighted by Gasteiger charge is 2.20. The lowest BCUT2D eigenvalue weighted by molar-refractivity contribution is -0.120. The molecular weight excluding hydrogens is 436 g/mol. The van der Waals surface area contributed by atoms with Gasteiger partial charge in [-0.05, 0) is 30.4 Å². The van der Waals surface area contributed by atoms with Crippen molar-refractivity contribution < 1.29 is 9.59 Å². The van der Waals surface area contributed by atoms with Gasteiger partial charge in [0.1, 0.15) is 10.7 Å². The molecule has 1 atom stereocenters. The highest BCUT2D eigenvalue weighted by Crippen LogP contribution is 2.26. The third-order valence-electron chi connectivity index (χ3n) is 5.51. The highest BCUT2D eigenvalue weighted by atomic mass is 32.1. The number of fused-ring (bicyclic) bond motifs is 1. The molecule has 4 aromatic rings. The largest absolute Gasteiger partial charge is 0.359 e. The van der Waals surface area contributed by atoms with Gasteiger partial charge in [-0.1, -0.05) is 25.0 Å². The second kappa shape index (κ2) is 10.8. The van der Waals surface area contributed by atoms with Gasteiger partial charge in [0.25, 0.3) is 5.91 Å². The molecule has 3 heterocycles. The van der Waals surface area contributed by atoms with Crippen LogP contribution in [0.3, 0.4) is 0 Å². The van der Waals surface area contributed by atoms with Gasteiger partial charge in [-0.3, -0.25) is 19.6 Å². The third-order valence-corrected chi connectivity index (χ3v) is 6.29. The van der Waals surface area contributed by atoms with Crippen molar-refractivity contribution in [1.29, 1.82) is 0 Å². The van der Waals surface area contributed by atoms with E-state index in [4.69, 9.17) is 0 Å². The Kier molecular flexibility index (Phi) is 7.41. The third kappa shape index (κ3) is 5.81. The smallest absolute Gasteiger partial charge is 0.263 e. The molecule has 170 valence electrons. The fraction of sp³-hybridized carbons (Fsp3) is 0.292. The molecule has 0 saturated carbocycles. The maximum Gasteiger partial charge on any atom is 0.263 e. The minimum absolute atomic E-state index is 0.0480. The van der Waals surface area contributed by atoms with Crippen molar-refractivity contribution in [2.75, 3.05) is 7.05 Å². The lowest BCUT2D eigenvalue weighted by Gasteiger charge is -2.16. The molecule has 1 aromatic carbocycles. The number of amides is 2. The summed E-state index contributed by atoms with van der Waals surface area (Å²) in [7, 11) is 1.65. The molecule has 0 saturated heterocycles. The second-order valence-electron chi connectivity index (χ2n) is 7.78. The number of benzene rings is 1.